The Labute approximate surface area is 108 Å². The second kappa shape index (κ2) is 5.03. The number of carbonyl (C=O) groups excluding carboxylic acids is 1. The summed E-state index contributed by atoms with van der Waals surface area (Å²) in [5.74, 6) is -0.0277. The Hall–Kier alpha value is -1.11. The van der Waals surface area contributed by atoms with Gasteiger partial charge >= 0.3 is 0 Å². The van der Waals surface area contributed by atoms with E-state index in [1.165, 1.54) is 12.1 Å². The number of nitrogens with two attached hydrogens (primary N) is 1. The van der Waals surface area contributed by atoms with Crippen LogP contribution in [0.4, 0.5) is 0 Å². The molecule has 1 atom stereocenters. The van der Waals surface area contributed by atoms with E-state index in [-0.39, 0.29) is 21.9 Å². The van der Waals surface area contributed by atoms with Gasteiger partial charge in [0.2, 0.25) is 0 Å². The average Bonchev–Trinajstić information content (AvgIpc) is 2.75. The van der Waals surface area contributed by atoms with E-state index in [4.69, 9.17) is 38.7 Å². The highest BCUT2D eigenvalue weighted by molar-refractivity contribution is 7.80. The van der Waals surface area contributed by atoms with E-state index in [9.17, 15) is 4.79 Å². The molecule has 1 aromatic heterocycles. The lowest BCUT2D eigenvalue weighted by molar-refractivity contribution is 0.00733. The highest BCUT2D eigenvalue weighted by Crippen LogP contribution is 2.16. The zero-order valence-electron chi connectivity index (χ0n) is 8.89. The van der Waals surface area contributed by atoms with Gasteiger partial charge < -0.3 is 19.8 Å². The van der Waals surface area contributed by atoms with E-state index in [1.807, 2.05) is 0 Å². The number of amides is 1. The molecule has 1 fully saturated rings. The van der Waals surface area contributed by atoms with Crippen LogP contribution in [0.2, 0.25) is 5.22 Å². The maximum atomic E-state index is 12.0. The molecule has 2 heterocycles. The Morgan fingerprint density at radius 2 is 2.35 bits per heavy atom. The molecule has 1 aliphatic heterocycles. The Balaban J connectivity index is 2.07. The van der Waals surface area contributed by atoms with Crippen LogP contribution < -0.4 is 5.73 Å². The molecule has 17 heavy (non-hydrogen) atoms. The van der Waals surface area contributed by atoms with Crippen molar-refractivity contribution in [1.29, 1.82) is 0 Å². The number of carbonyl (C=O) groups is 1. The van der Waals surface area contributed by atoms with Gasteiger partial charge in [0.1, 0.15) is 11.1 Å². The van der Waals surface area contributed by atoms with Crippen molar-refractivity contribution < 1.29 is 13.9 Å². The summed E-state index contributed by atoms with van der Waals surface area (Å²) in [7, 11) is 0. The molecule has 0 aromatic carbocycles. The third-order valence-corrected chi connectivity index (χ3v) is 2.92. The summed E-state index contributed by atoms with van der Waals surface area (Å²) in [5, 5.41) is 0.188. The second-order valence-corrected chi connectivity index (χ2v) is 4.46. The van der Waals surface area contributed by atoms with Gasteiger partial charge in [-0.3, -0.25) is 4.79 Å². The van der Waals surface area contributed by atoms with Crippen molar-refractivity contribution in [1.82, 2.24) is 4.90 Å². The number of morpholine rings is 1. The first-order valence-corrected chi connectivity index (χ1v) is 5.82. The van der Waals surface area contributed by atoms with Crippen molar-refractivity contribution in [2.45, 2.75) is 6.10 Å². The van der Waals surface area contributed by atoms with E-state index in [0.29, 0.717) is 19.7 Å². The first-order chi connectivity index (χ1) is 8.08. The lowest BCUT2D eigenvalue weighted by Gasteiger charge is -2.31. The minimum absolute atomic E-state index is 0.188. The van der Waals surface area contributed by atoms with Crippen LogP contribution in [0.25, 0.3) is 0 Å². The summed E-state index contributed by atoms with van der Waals surface area (Å²) in [4.78, 5) is 13.9. The molecule has 7 heteroatoms. The molecule has 2 rings (SSSR count). The van der Waals surface area contributed by atoms with Crippen molar-refractivity contribution >= 4 is 34.7 Å². The molecule has 1 aromatic rings. The summed E-state index contributed by atoms with van der Waals surface area (Å²) < 4.78 is 10.4. The Morgan fingerprint density at radius 3 is 2.94 bits per heavy atom. The minimum Gasteiger partial charge on any atom is -0.440 e. The standard InChI is InChI=1S/C10H11ClN2O3S/c11-8-2-1-6(16-8)10(14)13-3-4-15-7(5-13)9(12)17/h1-2,7H,3-5H2,(H2,12,17). The van der Waals surface area contributed by atoms with Crippen LogP contribution >= 0.6 is 23.8 Å². The van der Waals surface area contributed by atoms with Crippen molar-refractivity contribution in [2.24, 2.45) is 5.73 Å². The molecule has 0 radical (unpaired) electrons. The summed E-state index contributed by atoms with van der Waals surface area (Å²) in [6, 6.07) is 3.07. The number of furan rings is 1. The van der Waals surface area contributed by atoms with Gasteiger partial charge in [-0.1, -0.05) is 12.2 Å². The third-order valence-electron chi connectivity index (χ3n) is 2.45. The van der Waals surface area contributed by atoms with E-state index in [2.05, 4.69) is 0 Å². The normalized spacial score (nSPS) is 20.3. The molecule has 0 bridgehead atoms. The largest absolute Gasteiger partial charge is 0.440 e. The summed E-state index contributed by atoms with van der Waals surface area (Å²) >= 11 is 10.5. The Morgan fingerprint density at radius 1 is 1.59 bits per heavy atom. The van der Waals surface area contributed by atoms with Crippen LogP contribution in [-0.2, 0) is 4.74 Å². The summed E-state index contributed by atoms with van der Waals surface area (Å²) in [6.45, 7) is 1.23. The molecule has 1 amide bonds. The van der Waals surface area contributed by atoms with Crippen LogP contribution in [0.5, 0.6) is 0 Å². The second-order valence-electron chi connectivity index (χ2n) is 3.62. The Bertz CT molecular complexity index is 449. The number of rotatable bonds is 2. The number of nitrogens with zero attached hydrogens (tertiary/aromatic N) is 1. The van der Waals surface area contributed by atoms with Crippen molar-refractivity contribution in [3.8, 4) is 0 Å². The summed E-state index contributed by atoms with van der Waals surface area (Å²) in [6.07, 6.45) is -0.395. The lowest BCUT2D eigenvalue weighted by atomic mass is 10.2. The zero-order chi connectivity index (χ0) is 12.4. The van der Waals surface area contributed by atoms with Gasteiger partial charge in [0.25, 0.3) is 5.91 Å². The van der Waals surface area contributed by atoms with E-state index in [0.717, 1.165) is 0 Å². The first kappa shape index (κ1) is 12.3. The smallest absolute Gasteiger partial charge is 0.289 e. The number of thiocarbonyl (C=S) groups is 1. The molecule has 0 aliphatic carbocycles. The van der Waals surface area contributed by atoms with Crippen LogP contribution in [0.3, 0.4) is 0 Å². The first-order valence-electron chi connectivity index (χ1n) is 5.03. The highest BCUT2D eigenvalue weighted by atomic mass is 35.5. The molecule has 0 spiro atoms. The third kappa shape index (κ3) is 2.77. The van der Waals surface area contributed by atoms with Gasteiger partial charge in [-0.05, 0) is 23.7 Å². The fourth-order valence-electron chi connectivity index (χ4n) is 1.59. The van der Waals surface area contributed by atoms with Crippen molar-refractivity contribution in [2.75, 3.05) is 19.7 Å². The lowest BCUT2D eigenvalue weighted by Crippen LogP contribution is -2.49. The SMILES string of the molecule is NC(=S)C1CN(C(=O)c2ccc(Cl)o2)CCO1. The average molecular weight is 275 g/mol. The molecule has 0 saturated carbocycles. The van der Waals surface area contributed by atoms with E-state index < -0.39 is 6.10 Å². The number of hydrogen-bond donors (Lipinski definition) is 1. The van der Waals surface area contributed by atoms with Crippen LogP contribution in [-0.4, -0.2) is 41.6 Å². The van der Waals surface area contributed by atoms with Gasteiger partial charge in [-0.2, -0.15) is 0 Å². The predicted octanol–water partition coefficient (Wildman–Crippen LogP) is 1.06. The Kier molecular flexibility index (Phi) is 3.66. The molecule has 2 N–H and O–H groups in total. The number of hydrogen-bond acceptors (Lipinski definition) is 4. The zero-order valence-corrected chi connectivity index (χ0v) is 10.5. The molecule has 92 valence electrons. The monoisotopic (exact) mass is 274 g/mol. The van der Waals surface area contributed by atoms with Gasteiger partial charge in [-0.15, -0.1) is 0 Å². The fourth-order valence-corrected chi connectivity index (χ4v) is 1.88. The van der Waals surface area contributed by atoms with Crippen molar-refractivity contribution in [3.05, 3.63) is 23.1 Å². The van der Waals surface area contributed by atoms with E-state index >= 15 is 0 Å². The number of ether oxygens (including phenoxy) is 1. The molecule has 5 nitrogen and oxygen atoms in total. The molecular weight excluding hydrogens is 264 g/mol. The highest BCUT2D eigenvalue weighted by Gasteiger charge is 2.27. The van der Waals surface area contributed by atoms with Gasteiger partial charge in [0.05, 0.1) is 13.2 Å². The maximum Gasteiger partial charge on any atom is 0.289 e. The van der Waals surface area contributed by atoms with Crippen molar-refractivity contribution in [3.63, 3.8) is 0 Å². The van der Waals surface area contributed by atoms with Gasteiger partial charge in [0.15, 0.2) is 11.0 Å². The quantitative estimate of drug-likeness (QED) is 0.817. The molecule has 1 saturated heterocycles. The maximum absolute atomic E-state index is 12.0. The molecule has 1 unspecified atom stereocenters. The van der Waals surface area contributed by atoms with Crippen LogP contribution in [0, 0.1) is 0 Å². The van der Waals surface area contributed by atoms with Crippen LogP contribution in [0.1, 0.15) is 10.6 Å². The van der Waals surface area contributed by atoms with Gasteiger partial charge in [0, 0.05) is 6.54 Å². The summed E-state index contributed by atoms with van der Waals surface area (Å²) in [5.41, 5.74) is 5.50. The fraction of sp³-hybridized carbons (Fsp3) is 0.400. The molecular formula is C10H11ClN2O3S. The van der Waals surface area contributed by atoms with Crippen LogP contribution in [0.15, 0.2) is 16.5 Å². The van der Waals surface area contributed by atoms with E-state index in [1.54, 1.807) is 4.90 Å². The van der Waals surface area contributed by atoms with Gasteiger partial charge in [-0.25, -0.2) is 0 Å². The topological polar surface area (TPSA) is 68.7 Å². The molecule has 1 aliphatic rings. The minimum atomic E-state index is -0.395. The predicted molar refractivity (Wildman–Crippen MR) is 66.1 cm³/mol. The number of halogens is 1.